The van der Waals surface area contributed by atoms with Crippen LogP contribution in [0.4, 0.5) is 18.9 Å². The van der Waals surface area contributed by atoms with Crippen molar-refractivity contribution in [3.05, 3.63) is 59.7 Å². The molecule has 1 atom stereocenters. The fourth-order valence-corrected chi connectivity index (χ4v) is 2.53. The molecule has 1 aliphatic rings. The fraction of sp³-hybridized carbons (Fsp3) is 0.222. The van der Waals surface area contributed by atoms with E-state index in [1.54, 1.807) is 12.1 Å². The number of nitrogens with zero attached hydrogens (tertiary/aromatic N) is 1. The average molecular weight is 364 g/mol. The molecule has 1 aliphatic heterocycles. The van der Waals surface area contributed by atoms with E-state index < -0.39 is 23.8 Å². The molecule has 136 valence electrons. The van der Waals surface area contributed by atoms with Crippen LogP contribution in [0.25, 0.3) is 0 Å². The van der Waals surface area contributed by atoms with Crippen molar-refractivity contribution >= 4 is 17.3 Å². The van der Waals surface area contributed by atoms with E-state index >= 15 is 0 Å². The molecule has 1 N–H and O–H groups in total. The highest BCUT2D eigenvalue weighted by Crippen LogP contribution is 2.30. The van der Waals surface area contributed by atoms with Crippen molar-refractivity contribution in [1.29, 1.82) is 0 Å². The number of oxime groups is 1. The van der Waals surface area contributed by atoms with Crippen molar-refractivity contribution < 1.29 is 27.5 Å². The first kappa shape index (κ1) is 17.8. The first-order valence-corrected chi connectivity index (χ1v) is 7.72. The lowest BCUT2D eigenvalue weighted by Crippen LogP contribution is -2.28. The van der Waals surface area contributed by atoms with Crippen LogP contribution in [0.5, 0.6) is 5.75 Å². The zero-order valence-electron chi connectivity index (χ0n) is 13.7. The van der Waals surface area contributed by atoms with Crippen molar-refractivity contribution in [3.8, 4) is 5.75 Å². The first-order chi connectivity index (χ1) is 12.4. The van der Waals surface area contributed by atoms with E-state index in [0.717, 1.165) is 17.7 Å². The lowest BCUT2D eigenvalue weighted by molar-refractivity contribution is -0.137. The maximum atomic E-state index is 12.6. The minimum Gasteiger partial charge on any atom is -0.496 e. The Bertz CT molecular complexity index is 832. The summed E-state index contributed by atoms with van der Waals surface area (Å²) in [4.78, 5) is 17.4. The number of nitrogens with one attached hydrogen (secondary N) is 1. The summed E-state index contributed by atoms with van der Waals surface area (Å²) in [6, 6.07) is 11.4. The standard InChI is InChI=1S/C18H15F3N2O3/c1-25-15-5-3-2-4-13(15)14-10-16(26-23-14)17(24)22-12-8-6-11(7-9-12)18(19,20)21/h2-9,16H,10H2,1H3,(H,22,24). The van der Waals surface area contributed by atoms with Crippen molar-refractivity contribution in [2.24, 2.45) is 5.16 Å². The number of rotatable bonds is 4. The van der Waals surface area contributed by atoms with Gasteiger partial charge in [0.25, 0.3) is 5.91 Å². The predicted molar refractivity (Wildman–Crippen MR) is 89.1 cm³/mol. The number of anilines is 1. The normalized spacial score (nSPS) is 16.6. The minimum absolute atomic E-state index is 0.229. The van der Waals surface area contributed by atoms with E-state index in [2.05, 4.69) is 10.5 Å². The largest absolute Gasteiger partial charge is 0.496 e. The number of carbonyl (C=O) groups excluding carboxylic acids is 1. The summed E-state index contributed by atoms with van der Waals surface area (Å²) in [6.07, 6.45) is -5.06. The molecule has 0 saturated carbocycles. The van der Waals surface area contributed by atoms with E-state index in [4.69, 9.17) is 9.57 Å². The number of halogens is 3. The summed E-state index contributed by atoms with van der Waals surface area (Å²) in [7, 11) is 1.53. The highest BCUT2D eigenvalue weighted by molar-refractivity contribution is 6.07. The summed E-state index contributed by atoms with van der Waals surface area (Å²) in [5.41, 5.74) is 0.751. The number of hydrogen-bond donors (Lipinski definition) is 1. The molecule has 26 heavy (non-hydrogen) atoms. The second kappa shape index (κ2) is 7.07. The Morgan fingerprint density at radius 3 is 2.54 bits per heavy atom. The molecule has 0 aromatic heterocycles. The third kappa shape index (κ3) is 3.79. The number of carbonyl (C=O) groups is 1. The molecule has 1 amide bonds. The van der Waals surface area contributed by atoms with Crippen LogP contribution in [0.3, 0.4) is 0 Å². The lowest BCUT2D eigenvalue weighted by atomic mass is 10.0. The molecule has 0 spiro atoms. The van der Waals surface area contributed by atoms with E-state index in [1.807, 2.05) is 12.1 Å². The van der Waals surface area contributed by atoms with Crippen LogP contribution in [-0.2, 0) is 15.8 Å². The first-order valence-electron chi connectivity index (χ1n) is 7.72. The van der Waals surface area contributed by atoms with Crippen molar-refractivity contribution in [3.63, 3.8) is 0 Å². The van der Waals surface area contributed by atoms with E-state index in [1.165, 1.54) is 19.2 Å². The quantitative estimate of drug-likeness (QED) is 0.897. The molecule has 0 radical (unpaired) electrons. The fourth-order valence-electron chi connectivity index (χ4n) is 2.53. The SMILES string of the molecule is COc1ccccc1C1=NOC(C(=O)Nc2ccc(C(F)(F)F)cc2)C1. The van der Waals surface area contributed by atoms with Crippen LogP contribution in [-0.4, -0.2) is 24.8 Å². The molecular formula is C18H15F3N2O3. The second-order valence-corrected chi connectivity index (χ2v) is 5.60. The molecule has 2 aromatic rings. The van der Waals surface area contributed by atoms with Gasteiger partial charge < -0.3 is 14.9 Å². The van der Waals surface area contributed by atoms with Crippen LogP contribution < -0.4 is 10.1 Å². The van der Waals surface area contributed by atoms with Gasteiger partial charge in [-0.2, -0.15) is 13.2 Å². The molecule has 0 aliphatic carbocycles. The van der Waals surface area contributed by atoms with Crippen molar-refractivity contribution in [2.45, 2.75) is 18.7 Å². The zero-order chi connectivity index (χ0) is 18.7. The predicted octanol–water partition coefficient (Wildman–Crippen LogP) is 3.85. The molecule has 1 heterocycles. The van der Waals surface area contributed by atoms with E-state index in [9.17, 15) is 18.0 Å². The smallest absolute Gasteiger partial charge is 0.416 e. The van der Waals surface area contributed by atoms with Gasteiger partial charge in [-0.05, 0) is 36.4 Å². The van der Waals surface area contributed by atoms with Crippen LogP contribution >= 0.6 is 0 Å². The van der Waals surface area contributed by atoms with Gasteiger partial charge in [-0.3, -0.25) is 4.79 Å². The molecule has 1 unspecified atom stereocenters. The van der Waals surface area contributed by atoms with Gasteiger partial charge in [-0.1, -0.05) is 17.3 Å². The molecule has 8 heteroatoms. The Labute approximate surface area is 147 Å². The summed E-state index contributed by atoms with van der Waals surface area (Å²) in [5.74, 6) is 0.122. The van der Waals surface area contributed by atoms with Gasteiger partial charge in [0.15, 0.2) is 0 Å². The zero-order valence-corrected chi connectivity index (χ0v) is 13.7. The van der Waals surface area contributed by atoms with Gasteiger partial charge in [0.2, 0.25) is 6.10 Å². The van der Waals surface area contributed by atoms with E-state index in [0.29, 0.717) is 11.5 Å². The van der Waals surface area contributed by atoms with E-state index in [-0.39, 0.29) is 12.1 Å². The number of benzene rings is 2. The summed E-state index contributed by atoms with van der Waals surface area (Å²) in [6.45, 7) is 0. The Balaban J connectivity index is 1.64. The molecule has 2 aromatic carbocycles. The number of hydrogen-bond acceptors (Lipinski definition) is 4. The maximum Gasteiger partial charge on any atom is 0.416 e. The van der Waals surface area contributed by atoms with Gasteiger partial charge in [-0.15, -0.1) is 0 Å². The topological polar surface area (TPSA) is 59.9 Å². The molecular weight excluding hydrogens is 349 g/mol. The Hall–Kier alpha value is -3.03. The van der Waals surface area contributed by atoms with Gasteiger partial charge >= 0.3 is 6.18 Å². The Kier molecular flexibility index (Phi) is 4.83. The number of methoxy groups -OCH3 is 1. The summed E-state index contributed by atoms with van der Waals surface area (Å²) in [5, 5.41) is 6.46. The number of amides is 1. The van der Waals surface area contributed by atoms with Crippen LogP contribution in [0.1, 0.15) is 17.5 Å². The van der Waals surface area contributed by atoms with Gasteiger partial charge in [0.1, 0.15) is 5.75 Å². The third-order valence-corrected chi connectivity index (χ3v) is 3.86. The third-order valence-electron chi connectivity index (χ3n) is 3.86. The van der Waals surface area contributed by atoms with Crippen molar-refractivity contribution in [2.75, 3.05) is 12.4 Å². The molecule has 0 fully saturated rings. The highest BCUT2D eigenvalue weighted by atomic mass is 19.4. The Morgan fingerprint density at radius 2 is 1.88 bits per heavy atom. The highest BCUT2D eigenvalue weighted by Gasteiger charge is 2.31. The van der Waals surface area contributed by atoms with Crippen LogP contribution in [0, 0.1) is 0 Å². The summed E-state index contributed by atoms with van der Waals surface area (Å²) < 4.78 is 42.9. The maximum absolute atomic E-state index is 12.6. The van der Waals surface area contributed by atoms with Crippen LogP contribution in [0.15, 0.2) is 53.7 Å². The molecule has 0 bridgehead atoms. The number of ether oxygens (including phenoxy) is 1. The molecule has 3 rings (SSSR count). The van der Waals surface area contributed by atoms with Crippen LogP contribution in [0.2, 0.25) is 0 Å². The number of para-hydroxylation sites is 1. The summed E-state index contributed by atoms with van der Waals surface area (Å²) >= 11 is 0. The number of alkyl halides is 3. The van der Waals surface area contributed by atoms with Gasteiger partial charge in [0, 0.05) is 17.7 Å². The van der Waals surface area contributed by atoms with Gasteiger partial charge in [-0.25, -0.2) is 0 Å². The molecule has 5 nitrogen and oxygen atoms in total. The monoisotopic (exact) mass is 364 g/mol. The second-order valence-electron chi connectivity index (χ2n) is 5.60. The van der Waals surface area contributed by atoms with Gasteiger partial charge in [0.05, 0.1) is 18.4 Å². The lowest BCUT2D eigenvalue weighted by Gasteiger charge is -2.11. The average Bonchev–Trinajstić information content (AvgIpc) is 3.11. The molecule has 0 saturated heterocycles. The minimum atomic E-state index is -4.42. The van der Waals surface area contributed by atoms with Crippen molar-refractivity contribution in [1.82, 2.24) is 0 Å². The Morgan fingerprint density at radius 1 is 1.19 bits per heavy atom.